The molecule has 20 heteroatoms. The number of ether oxygens (including phenoxy) is 4. The first-order valence-corrected chi connectivity index (χ1v) is 23.7. The number of amides is 1. The molecule has 0 saturated heterocycles. The molecule has 65 heavy (non-hydrogen) atoms. The molecule has 0 unspecified atom stereocenters. The largest absolute Gasteiger partial charge is 0.464 e. The van der Waals surface area contributed by atoms with E-state index in [1.807, 2.05) is 11.4 Å². The van der Waals surface area contributed by atoms with Crippen LogP contribution in [-0.4, -0.2) is 103 Å². The fraction of sp³-hybridized carbons (Fsp3) is 0.489. The number of non-ortho nitro benzene ring substituents is 1. The first-order valence-electron chi connectivity index (χ1n) is 21.3. The fourth-order valence-electron chi connectivity index (χ4n) is 6.69. The molecule has 0 spiro atoms. The molecule has 354 valence electrons. The van der Waals surface area contributed by atoms with Crippen LogP contribution in [0.1, 0.15) is 82.9 Å². The number of nitro groups is 2. The van der Waals surface area contributed by atoms with Crippen molar-refractivity contribution in [3.63, 3.8) is 0 Å². The minimum atomic E-state index is -4.68. The number of nitrogens with zero attached hydrogens (tertiary/aromatic N) is 4. The molecule has 0 aliphatic carbocycles. The summed E-state index contributed by atoms with van der Waals surface area (Å²) in [5.41, 5.74) is 4.34. The number of nitrogens with one attached hydrogen (secondary N) is 1. The second-order valence-corrected chi connectivity index (χ2v) is 19.2. The number of benzene rings is 3. The fourth-order valence-corrected chi connectivity index (χ4v) is 8.93. The smallest absolute Gasteiger partial charge is 0.339 e. The van der Waals surface area contributed by atoms with E-state index in [0.29, 0.717) is 31.0 Å². The number of hydrogen-bond donors (Lipinski definition) is 1. The molecule has 1 amide bonds. The van der Waals surface area contributed by atoms with Crippen molar-refractivity contribution in [3.05, 3.63) is 103 Å². The topological polar surface area (TPSA) is 227 Å². The number of sulfonamides is 1. The van der Waals surface area contributed by atoms with E-state index in [-0.39, 0.29) is 32.7 Å². The van der Waals surface area contributed by atoms with Crippen LogP contribution in [0.5, 0.6) is 0 Å². The summed E-state index contributed by atoms with van der Waals surface area (Å²) >= 11 is 1.49. The Bertz CT molecular complexity index is 2400. The second kappa shape index (κ2) is 24.1. The summed E-state index contributed by atoms with van der Waals surface area (Å²) in [5.74, 6) is -2.25. The zero-order valence-corrected chi connectivity index (χ0v) is 39.5. The highest BCUT2D eigenvalue weighted by molar-refractivity contribution is 7.89. The van der Waals surface area contributed by atoms with Crippen molar-refractivity contribution in [2.75, 3.05) is 45.4 Å². The van der Waals surface area contributed by atoms with E-state index in [2.05, 4.69) is 37.5 Å². The molecule has 2 atom stereocenters. The van der Waals surface area contributed by atoms with Crippen molar-refractivity contribution in [2.45, 2.75) is 109 Å². The lowest BCUT2D eigenvalue weighted by Crippen LogP contribution is -2.51. The van der Waals surface area contributed by atoms with Gasteiger partial charge in [0.2, 0.25) is 0 Å². The lowest BCUT2D eigenvalue weighted by atomic mass is 10.0. The molecule has 1 aromatic heterocycles. The Balaban J connectivity index is 1.48. The number of rotatable bonds is 26. The van der Waals surface area contributed by atoms with Gasteiger partial charge in [0.25, 0.3) is 27.3 Å². The first kappa shape index (κ1) is 52.1. The van der Waals surface area contributed by atoms with Gasteiger partial charge in [-0.1, -0.05) is 31.0 Å². The van der Waals surface area contributed by atoms with E-state index < -0.39 is 78.4 Å². The molecule has 4 aromatic rings. The van der Waals surface area contributed by atoms with Crippen LogP contribution in [0.2, 0.25) is 0 Å². The molecule has 3 aromatic carbocycles. The van der Waals surface area contributed by atoms with Crippen LogP contribution in [0.3, 0.4) is 0 Å². The summed E-state index contributed by atoms with van der Waals surface area (Å²) < 4.78 is 52.5. The van der Waals surface area contributed by atoms with Crippen molar-refractivity contribution in [3.8, 4) is 0 Å². The van der Waals surface area contributed by atoms with Gasteiger partial charge >= 0.3 is 11.9 Å². The zero-order chi connectivity index (χ0) is 47.9. The van der Waals surface area contributed by atoms with Gasteiger partial charge < -0.3 is 29.3 Å². The van der Waals surface area contributed by atoms with Gasteiger partial charge in [-0.25, -0.2) is 18.0 Å². The van der Waals surface area contributed by atoms with Gasteiger partial charge in [0.1, 0.15) is 12.2 Å². The van der Waals surface area contributed by atoms with E-state index in [1.165, 1.54) is 40.0 Å². The highest BCUT2D eigenvalue weighted by Crippen LogP contribution is 2.32. The van der Waals surface area contributed by atoms with Crippen LogP contribution in [0.4, 0.5) is 17.1 Å². The van der Waals surface area contributed by atoms with Crippen LogP contribution >= 0.6 is 11.3 Å². The maximum absolute atomic E-state index is 14.2. The summed E-state index contributed by atoms with van der Waals surface area (Å²) in [6.45, 7) is 10.2. The van der Waals surface area contributed by atoms with E-state index in [0.717, 1.165) is 45.9 Å². The van der Waals surface area contributed by atoms with Crippen molar-refractivity contribution < 1.29 is 51.6 Å². The number of anilines is 1. The van der Waals surface area contributed by atoms with Crippen LogP contribution < -0.4 is 5.43 Å². The van der Waals surface area contributed by atoms with Crippen LogP contribution in [0.25, 0.3) is 10.1 Å². The molecule has 0 radical (unpaired) electrons. The van der Waals surface area contributed by atoms with E-state index >= 15 is 0 Å². The number of fused-ring (bicyclic) bond motifs is 1. The van der Waals surface area contributed by atoms with E-state index in [4.69, 9.17) is 18.9 Å². The summed E-state index contributed by atoms with van der Waals surface area (Å²) in [6.07, 6.45) is 0.859. The van der Waals surface area contributed by atoms with Gasteiger partial charge in [-0.05, 0) is 131 Å². The number of likely N-dealkylation sites (N-methyl/N-ethyl adjacent to an activating group) is 1. The van der Waals surface area contributed by atoms with Gasteiger partial charge in [0.05, 0.1) is 28.2 Å². The monoisotopic (exact) mass is 941 g/mol. The van der Waals surface area contributed by atoms with Crippen LogP contribution in [0.15, 0.2) is 70.9 Å². The number of unbranched alkanes of at least 4 members (excludes halogenated alkanes) is 4. The summed E-state index contributed by atoms with van der Waals surface area (Å²) in [4.78, 5) is 62.3. The van der Waals surface area contributed by atoms with Crippen LogP contribution in [-0.2, 0) is 49.8 Å². The Kier molecular flexibility index (Phi) is 19.3. The average Bonchev–Trinajstić information content (AvgIpc) is 3.72. The Morgan fingerprint density at radius 1 is 0.831 bits per heavy atom. The number of thiophene rings is 1. The molecule has 0 aliphatic rings. The maximum Gasteiger partial charge on any atom is 0.339 e. The number of nitro benzene ring substituents is 2. The quantitative estimate of drug-likeness (QED) is 0.0272. The van der Waals surface area contributed by atoms with Gasteiger partial charge in [0, 0.05) is 37.5 Å². The standard InChI is InChI=1S/C45H59N5O13S2/c1-8-60-40(51)30-62-42(44(53)63-45(4,5)6)41(61-25-14-9-11-15-33-17-16-31(2)32(3)27-33)43(52)47(7)23-12-10-13-24-48(46-35-18-20-38-34(28-35)22-26-64-38)65(58,59)39-21-19-36(49(54)55)29-37(39)50(56)57/h16-22,26-29,41-42,46H,8-15,23-25,30H2,1-7H3/t41-,42-/m1/s1. The Morgan fingerprint density at radius 2 is 1.55 bits per heavy atom. The van der Waals surface area contributed by atoms with Crippen LogP contribution in [0, 0.1) is 34.1 Å². The zero-order valence-electron chi connectivity index (χ0n) is 37.9. The number of hydrogen-bond acceptors (Lipinski definition) is 15. The first-order chi connectivity index (χ1) is 30.7. The predicted octanol–water partition coefficient (Wildman–Crippen LogP) is 8.07. The lowest BCUT2D eigenvalue weighted by molar-refractivity contribution is -0.396. The number of aryl methyl sites for hydroxylation is 3. The highest BCUT2D eigenvalue weighted by atomic mass is 32.2. The minimum Gasteiger partial charge on any atom is -0.464 e. The van der Waals surface area contributed by atoms with E-state index in [1.54, 1.807) is 45.9 Å². The number of esters is 2. The van der Waals surface area contributed by atoms with Crippen molar-refractivity contribution in [2.24, 2.45) is 0 Å². The third-order valence-corrected chi connectivity index (χ3v) is 12.8. The minimum absolute atomic E-state index is 0.0740. The lowest BCUT2D eigenvalue weighted by Gasteiger charge is -2.31. The Hall–Kier alpha value is -5.54. The van der Waals surface area contributed by atoms with Crippen molar-refractivity contribution >= 4 is 66.4 Å². The molecule has 0 aliphatic heterocycles. The average molecular weight is 942 g/mol. The third-order valence-electron chi connectivity index (χ3n) is 10.2. The molecule has 0 saturated carbocycles. The highest BCUT2D eigenvalue weighted by Gasteiger charge is 2.41. The SMILES string of the molecule is CCOC(=O)CO[C@@H](C(=O)OC(C)(C)C)[C@@H](OCCCCCc1ccc(C)c(C)c1)C(=O)N(C)CCCCCN(Nc1ccc2sccc2c1)S(=O)(=O)c1ccc([N+](=O)[O-])cc1[N+](=O)[O-]. The summed E-state index contributed by atoms with van der Waals surface area (Å²) in [6, 6.07) is 15.8. The van der Waals surface area contributed by atoms with Gasteiger partial charge in [-0.3, -0.25) is 25.0 Å². The Morgan fingerprint density at radius 3 is 2.23 bits per heavy atom. The summed E-state index contributed by atoms with van der Waals surface area (Å²) in [5, 5.41) is 26.1. The van der Waals surface area contributed by atoms with Gasteiger partial charge in [0.15, 0.2) is 17.1 Å². The predicted molar refractivity (Wildman–Crippen MR) is 246 cm³/mol. The molecular formula is C45H59N5O13S2. The molecule has 18 nitrogen and oxygen atoms in total. The molecule has 1 heterocycles. The van der Waals surface area contributed by atoms with Gasteiger partial charge in [-0.2, -0.15) is 0 Å². The van der Waals surface area contributed by atoms with Crippen molar-refractivity contribution in [1.82, 2.24) is 9.31 Å². The molecule has 0 bridgehead atoms. The van der Waals surface area contributed by atoms with E-state index in [9.17, 15) is 43.0 Å². The molecule has 0 fully saturated rings. The molecular weight excluding hydrogens is 883 g/mol. The normalized spacial score (nSPS) is 12.7. The molecule has 1 N–H and O–H groups in total. The number of carbonyl (C=O) groups is 3. The Labute approximate surface area is 383 Å². The second-order valence-electron chi connectivity index (χ2n) is 16.4. The van der Waals surface area contributed by atoms with Crippen molar-refractivity contribution in [1.29, 1.82) is 0 Å². The molecule has 4 rings (SSSR count). The number of carbonyl (C=O) groups excluding carboxylic acids is 3. The third kappa shape index (κ3) is 15.6. The maximum atomic E-state index is 14.2. The summed E-state index contributed by atoms with van der Waals surface area (Å²) in [7, 11) is -3.16. The number of hydrazine groups is 1. The van der Waals surface area contributed by atoms with Gasteiger partial charge in [-0.15, -0.1) is 15.8 Å².